The molecule has 2 amide bonds. The van der Waals surface area contributed by atoms with Crippen LogP contribution in [0.1, 0.15) is 44.4 Å². The molecule has 3 atom stereocenters. The Hall–Kier alpha value is -2.91. The van der Waals surface area contributed by atoms with Crippen LogP contribution in [0, 0.1) is 0 Å². The molecule has 1 fully saturated rings. The van der Waals surface area contributed by atoms with Gasteiger partial charge in [-0.15, -0.1) is 0 Å². The number of amides is 2. The zero-order chi connectivity index (χ0) is 25.6. The number of nitrogens with one attached hydrogen (secondary N) is 2. The molecule has 8 nitrogen and oxygen atoms in total. The van der Waals surface area contributed by atoms with Gasteiger partial charge in [0, 0.05) is 17.3 Å². The Morgan fingerprint density at radius 2 is 1.77 bits per heavy atom. The van der Waals surface area contributed by atoms with Gasteiger partial charge in [0.2, 0.25) is 5.91 Å². The summed E-state index contributed by atoms with van der Waals surface area (Å²) in [5.41, 5.74) is -0.714. The van der Waals surface area contributed by atoms with E-state index in [4.69, 9.17) is 14.2 Å². The van der Waals surface area contributed by atoms with Gasteiger partial charge in [-0.3, -0.25) is 4.79 Å². The van der Waals surface area contributed by atoms with Gasteiger partial charge < -0.3 is 24.8 Å². The average Bonchev–Trinajstić information content (AvgIpc) is 3.22. The fourth-order valence-corrected chi connectivity index (χ4v) is 4.27. The first-order chi connectivity index (χ1) is 16.5. The summed E-state index contributed by atoms with van der Waals surface area (Å²) < 4.78 is 17.2. The number of esters is 1. The standard InChI is InChI=1S/C26H31BrN2O6/c1-25(2,3)35-24(32)29-26(14-15-34-21(26)18-10-12-19(27)13-11-18)23(31)28-20(22(30)33-4)16-17-8-6-5-7-9-17/h5-13,20-21H,14-16H2,1-4H3,(H,28,31)(H,29,32)/t20-,21-,26+/m0/s1. The lowest BCUT2D eigenvalue weighted by atomic mass is 9.85. The number of carbonyl (C=O) groups is 3. The van der Waals surface area contributed by atoms with Crippen LogP contribution in [0.15, 0.2) is 59.1 Å². The van der Waals surface area contributed by atoms with Gasteiger partial charge in [-0.25, -0.2) is 9.59 Å². The zero-order valence-corrected chi connectivity index (χ0v) is 21.9. The van der Waals surface area contributed by atoms with Gasteiger partial charge >= 0.3 is 12.1 Å². The van der Waals surface area contributed by atoms with E-state index in [-0.39, 0.29) is 19.4 Å². The van der Waals surface area contributed by atoms with Gasteiger partial charge in [0.1, 0.15) is 17.7 Å². The molecule has 9 heteroatoms. The molecule has 3 rings (SSSR count). The summed E-state index contributed by atoms with van der Waals surface area (Å²) in [5, 5.41) is 5.58. The first-order valence-corrected chi connectivity index (χ1v) is 12.1. The number of rotatable bonds is 7. The highest BCUT2D eigenvalue weighted by molar-refractivity contribution is 9.10. The van der Waals surface area contributed by atoms with Crippen molar-refractivity contribution in [2.24, 2.45) is 0 Å². The van der Waals surface area contributed by atoms with Crippen LogP contribution >= 0.6 is 15.9 Å². The Bertz CT molecular complexity index is 1040. The fraction of sp³-hybridized carbons (Fsp3) is 0.423. The Labute approximate surface area is 213 Å². The van der Waals surface area contributed by atoms with E-state index in [1.54, 1.807) is 20.8 Å². The minimum Gasteiger partial charge on any atom is -0.467 e. The number of methoxy groups -OCH3 is 1. The third-order valence-electron chi connectivity index (χ3n) is 5.60. The third kappa shape index (κ3) is 6.82. The van der Waals surface area contributed by atoms with Gasteiger partial charge in [0.25, 0.3) is 0 Å². The summed E-state index contributed by atoms with van der Waals surface area (Å²) in [7, 11) is 1.27. The van der Waals surface area contributed by atoms with Crippen molar-refractivity contribution >= 4 is 33.9 Å². The molecule has 0 unspecified atom stereocenters. The van der Waals surface area contributed by atoms with E-state index in [1.165, 1.54) is 7.11 Å². The zero-order valence-electron chi connectivity index (χ0n) is 20.3. The molecule has 1 aliphatic rings. The maximum absolute atomic E-state index is 13.9. The monoisotopic (exact) mass is 546 g/mol. The normalized spacial score (nSPS) is 20.5. The van der Waals surface area contributed by atoms with E-state index in [0.29, 0.717) is 5.56 Å². The fourth-order valence-electron chi connectivity index (χ4n) is 4.00. The molecule has 0 radical (unpaired) electrons. The molecule has 2 aromatic carbocycles. The van der Waals surface area contributed by atoms with Crippen LogP contribution in [0.4, 0.5) is 4.79 Å². The summed E-state index contributed by atoms with van der Waals surface area (Å²) in [5.74, 6) is -1.14. The SMILES string of the molecule is COC(=O)[C@H](Cc1ccccc1)NC(=O)[C@@]1(NC(=O)OC(C)(C)C)CCO[C@H]1c1ccc(Br)cc1. The summed E-state index contributed by atoms with van der Waals surface area (Å²) in [6, 6.07) is 15.6. The molecule has 1 heterocycles. The predicted octanol–water partition coefficient (Wildman–Crippen LogP) is 4.07. The number of alkyl carbamates (subject to hydrolysis) is 1. The van der Waals surface area contributed by atoms with Crippen LogP contribution < -0.4 is 10.6 Å². The van der Waals surface area contributed by atoms with E-state index < -0.39 is 41.3 Å². The van der Waals surface area contributed by atoms with Crippen LogP contribution in [0.3, 0.4) is 0 Å². The molecule has 188 valence electrons. The smallest absolute Gasteiger partial charge is 0.408 e. The molecule has 1 saturated heterocycles. The van der Waals surface area contributed by atoms with Crippen LogP contribution in [0.2, 0.25) is 0 Å². The van der Waals surface area contributed by atoms with Gasteiger partial charge in [-0.05, 0) is 44.0 Å². The number of carbonyl (C=O) groups excluding carboxylic acids is 3. The molecular formula is C26H31BrN2O6. The topological polar surface area (TPSA) is 103 Å². The van der Waals surface area contributed by atoms with E-state index in [9.17, 15) is 14.4 Å². The Balaban J connectivity index is 1.95. The van der Waals surface area contributed by atoms with Crippen LogP contribution in [-0.4, -0.2) is 48.9 Å². The average molecular weight is 547 g/mol. The van der Waals surface area contributed by atoms with Crippen molar-refractivity contribution in [2.45, 2.75) is 56.9 Å². The molecule has 0 saturated carbocycles. The van der Waals surface area contributed by atoms with E-state index in [1.807, 2.05) is 54.6 Å². The number of benzene rings is 2. The first kappa shape index (κ1) is 26.7. The van der Waals surface area contributed by atoms with Crippen molar-refractivity contribution in [3.8, 4) is 0 Å². The quantitative estimate of drug-likeness (QED) is 0.507. The van der Waals surface area contributed by atoms with E-state index >= 15 is 0 Å². The van der Waals surface area contributed by atoms with Crippen molar-refractivity contribution in [2.75, 3.05) is 13.7 Å². The minimum absolute atomic E-state index is 0.192. The summed E-state index contributed by atoms with van der Waals surface area (Å²) >= 11 is 3.41. The molecule has 0 aromatic heterocycles. The molecule has 0 aliphatic carbocycles. The van der Waals surface area contributed by atoms with Crippen LogP contribution in [-0.2, 0) is 30.2 Å². The van der Waals surface area contributed by atoms with Crippen molar-refractivity contribution in [1.82, 2.24) is 10.6 Å². The summed E-state index contributed by atoms with van der Waals surface area (Å²) in [6.45, 7) is 5.45. The highest BCUT2D eigenvalue weighted by Crippen LogP contribution is 2.39. The Morgan fingerprint density at radius 3 is 2.37 bits per heavy atom. The summed E-state index contributed by atoms with van der Waals surface area (Å²) in [6.07, 6.45) is -1.13. The maximum Gasteiger partial charge on any atom is 0.408 e. The van der Waals surface area contributed by atoms with Gasteiger partial charge in [0.05, 0.1) is 13.7 Å². The van der Waals surface area contributed by atoms with Crippen LogP contribution in [0.5, 0.6) is 0 Å². The second kappa shape index (κ2) is 11.2. The highest BCUT2D eigenvalue weighted by Gasteiger charge is 2.53. The largest absolute Gasteiger partial charge is 0.467 e. The van der Waals surface area contributed by atoms with Gasteiger partial charge in [0.15, 0.2) is 5.54 Å². The molecule has 0 spiro atoms. The van der Waals surface area contributed by atoms with E-state index in [0.717, 1.165) is 10.0 Å². The predicted molar refractivity (Wildman–Crippen MR) is 134 cm³/mol. The third-order valence-corrected chi connectivity index (χ3v) is 6.13. The lowest BCUT2D eigenvalue weighted by Crippen LogP contribution is -2.63. The second-order valence-corrected chi connectivity index (χ2v) is 10.3. The van der Waals surface area contributed by atoms with Crippen molar-refractivity contribution in [3.05, 3.63) is 70.2 Å². The Morgan fingerprint density at radius 1 is 1.11 bits per heavy atom. The van der Waals surface area contributed by atoms with Gasteiger partial charge in [-0.2, -0.15) is 0 Å². The lowest BCUT2D eigenvalue weighted by Gasteiger charge is -2.35. The van der Waals surface area contributed by atoms with Crippen molar-refractivity contribution < 1.29 is 28.6 Å². The minimum atomic E-state index is -1.50. The molecule has 0 bridgehead atoms. The number of hydrogen-bond donors (Lipinski definition) is 2. The first-order valence-electron chi connectivity index (χ1n) is 11.3. The Kier molecular flexibility index (Phi) is 8.56. The summed E-state index contributed by atoms with van der Waals surface area (Å²) in [4.78, 5) is 39.3. The van der Waals surface area contributed by atoms with Gasteiger partial charge in [-0.1, -0.05) is 58.4 Å². The number of ether oxygens (including phenoxy) is 3. The lowest BCUT2D eigenvalue weighted by molar-refractivity contribution is -0.146. The highest BCUT2D eigenvalue weighted by atomic mass is 79.9. The molecular weight excluding hydrogens is 516 g/mol. The van der Waals surface area contributed by atoms with E-state index in [2.05, 4.69) is 26.6 Å². The molecule has 1 aliphatic heterocycles. The molecule has 35 heavy (non-hydrogen) atoms. The number of hydrogen-bond acceptors (Lipinski definition) is 6. The van der Waals surface area contributed by atoms with Crippen molar-refractivity contribution in [3.63, 3.8) is 0 Å². The molecule has 2 N–H and O–H groups in total. The van der Waals surface area contributed by atoms with Crippen molar-refractivity contribution in [1.29, 1.82) is 0 Å². The number of halogens is 1. The van der Waals surface area contributed by atoms with Crippen LogP contribution in [0.25, 0.3) is 0 Å². The second-order valence-electron chi connectivity index (χ2n) is 9.39. The molecule has 2 aromatic rings. The maximum atomic E-state index is 13.9.